The Labute approximate surface area is 130 Å². The maximum absolute atomic E-state index is 6.06. The van der Waals surface area contributed by atoms with Crippen LogP contribution in [0.25, 0.3) is 0 Å². The van der Waals surface area contributed by atoms with Gasteiger partial charge in [0.05, 0.1) is 10.0 Å². The molecule has 0 saturated carbocycles. The van der Waals surface area contributed by atoms with E-state index in [2.05, 4.69) is 31.2 Å². The largest absolute Gasteiger partial charge is 0.330 e. The van der Waals surface area contributed by atoms with Crippen molar-refractivity contribution in [1.29, 1.82) is 0 Å². The Kier molecular flexibility index (Phi) is 5.47. The highest BCUT2D eigenvalue weighted by atomic mass is 35.5. The lowest BCUT2D eigenvalue weighted by atomic mass is 9.91. The van der Waals surface area contributed by atoms with Crippen LogP contribution >= 0.6 is 23.2 Å². The van der Waals surface area contributed by atoms with Crippen LogP contribution in [0.15, 0.2) is 42.5 Å². The number of halogens is 2. The van der Waals surface area contributed by atoms with E-state index in [4.69, 9.17) is 28.9 Å². The molecule has 0 heterocycles. The molecule has 1 unspecified atom stereocenters. The molecule has 0 aliphatic carbocycles. The molecule has 20 heavy (non-hydrogen) atoms. The summed E-state index contributed by atoms with van der Waals surface area (Å²) in [6.45, 7) is 2.80. The summed E-state index contributed by atoms with van der Waals surface area (Å²) in [5.41, 5.74) is 9.79. The highest BCUT2D eigenvalue weighted by Gasteiger charge is 2.11. The summed E-state index contributed by atoms with van der Waals surface area (Å²) in [6.07, 6.45) is 1.91. The van der Waals surface area contributed by atoms with E-state index >= 15 is 0 Å². The molecule has 0 amide bonds. The highest BCUT2D eigenvalue weighted by molar-refractivity contribution is 6.42. The van der Waals surface area contributed by atoms with Crippen molar-refractivity contribution >= 4 is 23.2 Å². The monoisotopic (exact) mass is 307 g/mol. The average Bonchev–Trinajstić information content (AvgIpc) is 2.44. The first-order chi connectivity index (χ1) is 9.60. The Balaban J connectivity index is 2.09. The van der Waals surface area contributed by atoms with E-state index in [0.717, 1.165) is 12.8 Å². The molecular weight excluding hydrogens is 289 g/mol. The van der Waals surface area contributed by atoms with Crippen molar-refractivity contribution in [2.75, 3.05) is 6.54 Å². The summed E-state index contributed by atoms with van der Waals surface area (Å²) < 4.78 is 0. The van der Waals surface area contributed by atoms with Crippen LogP contribution in [0.2, 0.25) is 10.0 Å². The fourth-order valence-electron chi connectivity index (χ4n) is 2.39. The van der Waals surface area contributed by atoms with Crippen LogP contribution < -0.4 is 5.73 Å². The van der Waals surface area contributed by atoms with Gasteiger partial charge in [0.15, 0.2) is 0 Å². The van der Waals surface area contributed by atoms with Gasteiger partial charge in [0, 0.05) is 0 Å². The Morgan fingerprint density at radius 2 is 1.75 bits per heavy atom. The summed E-state index contributed by atoms with van der Waals surface area (Å²) >= 11 is 12.0. The van der Waals surface area contributed by atoms with Crippen LogP contribution in [0.4, 0.5) is 0 Å². The molecule has 0 saturated heterocycles. The maximum atomic E-state index is 6.06. The lowest BCUT2D eigenvalue weighted by Crippen LogP contribution is -2.19. The molecule has 0 aliphatic rings. The molecule has 0 aromatic heterocycles. The number of benzene rings is 2. The van der Waals surface area contributed by atoms with Gasteiger partial charge >= 0.3 is 0 Å². The molecule has 2 aromatic carbocycles. The van der Waals surface area contributed by atoms with E-state index in [1.165, 1.54) is 16.7 Å². The van der Waals surface area contributed by atoms with Gasteiger partial charge in [-0.2, -0.15) is 0 Å². The van der Waals surface area contributed by atoms with E-state index in [0.29, 0.717) is 22.5 Å². The van der Waals surface area contributed by atoms with Gasteiger partial charge in [-0.05, 0) is 61.1 Å². The van der Waals surface area contributed by atoms with Crippen molar-refractivity contribution in [3.63, 3.8) is 0 Å². The minimum Gasteiger partial charge on any atom is -0.330 e. The second kappa shape index (κ2) is 7.12. The predicted molar refractivity (Wildman–Crippen MR) is 87.6 cm³/mol. The Morgan fingerprint density at radius 1 is 1.00 bits per heavy atom. The van der Waals surface area contributed by atoms with Gasteiger partial charge in [-0.25, -0.2) is 0 Å². The molecule has 2 aromatic rings. The minimum atomic E-state index is 0.411. The number of nitrogens with two attached hydrogens (primary N) is 1. The molecule has 2 N–H and O–H groups in total. The van der Waals surface area contributed by atoms with Crippen molar-refractivity contribution in [2.45, 2.75) is 19.8 Å². The van der Waals surface area contributed by atoms with Crippen molar-refractivity contribution in [1.82, 2.24) is 0 Å². The average molecular weight is 308 g/mol. The summed E-state index contributed by atoms with van der Waals surface area (Å²) in [5, 5.41) is 1.20. The van der Waals surface area contributed by atoms with Gasteiger partial charge in [0.2, 0.25) is 0 Å². The molecule has 2 rings (SSSR count). The van der Waals surface area contributed by atoms with Crippen LogP contribution in [-0.4, -0.2) is 6.54 Å². The third-order valence-electron chi connectivity index (χ3n) is 3.61. The van der Waals surface area contributed by atoms with E-state index in [-0.39, 0.29) is 0 Å². The van der Waals surface area contributed by atoms with Gasteiger partial charge in [-0.15, -0.1) is 0 Å². The zero-order valence-corrected chi connectivity index (χ0v) is 13.1. The van der Waals surface area contributed by atoms with Gasteiger partial charge in [-0.3, -0.25) is 0 Å². The second-order valence-electron chi connectivity index (χ2n) is 5.18. The van der Waals surface area contributed by atoms with Crippen molar-refractivity contribution in [2.24, 2.45) is 11.7 Å². The van der Waals surface area contributed by atoms with Gasteiger partial charge in [0.1, 0.15) is 0 Å². The summed E-state index contributed by atoms with van der Waals surface area (Å²) in [5.74, 6) is 0.411. The Bertz CT molecular complexity index is 581. The molecule has 1 nitrogen and oxygen atoms in total. The standard InChI is InChI=1S/C17H19Cl2N/c1-12-4-2-3-5-15(12)9-14(11-20)8-13-6-7-16(18)17(19)10-13/h2-7,10,14H,8-9,11,20H2,1H3. The van der Waals surface area contributed by atoms with Crippen LogP contribution in [0, 0.1) is 12.8 Å². The van der Waals surface area contributed by atoms with Crippen molar-refractivity contribution in [3.8, 4) is 0 Å². The lowest BCUT2D eigenvalue weighted by molar-refractivity contribution is 0.532. The molecule has 3 heteroatoms. The lowest BCUT2D eigenvalue weighted by Gasteiger charge is -2.16. The first kappa shape index (κ1) is 15.4. The van der Waals surface area contributed by atoms with Crippen LogP contribution in [0.1, 0.15) is 16.7 Å². The number of aryl methyl sites for hydroxylation is 1. The minimum absolute atomic E-state index is 0.411. The smallest absolute Gasteiger partial charge is 0.0595 e. The van der Waals surface area contributed by atoms with Crippen LogP contribution in [-0.2, 0) is 12.8 Å². The molecule has 106 valence electrons. The molecule has 0 aliphatic heterocycles. The molecule has 0 fully saturated rings. The molecule has 0 radical (unpaired) electrons. The van der Waals surface area contributed by atoms with Gasteiger partial charge in [0.25, 0.3) is 0 Å². The molecule has 0 spiro atoms. The molecule has 1 atom stereocenters. The number of hydrogen-bond acceptors (Lipinski definition) is 1. The van der Waals surface area contributed by atoms with E-state index < -0.39 is 0 Å². The first-order valence-corrected chi connectivity index (χ1v) is 7.54. The second-order valence-corrected chi connectivity index (χ2v) is 6.00. The van der Waals surface area contributed by atoms with E-state index in [1.54, 1.807) is 0 Å². The molecule has 0 bridgehead atoms. The predicted octanol–water partition coefficient (Wildman–Crippen LogP) is 4.66. The topological polar surface area (TPSA) is 26.0 Å². The fourth-order valence-corrected chi connectivity index (χ4v) is 2.71. The van der Waals surface area contributed by atoms with E-state index in [9.17, 15) is 0 Å². The number of rotatable bonds is 5. The van der Waals surface area contributed by atoms with Crippen molar-refractivity contribution < 1.29 is 0 Å². The zero-order valence-electron chi connectivity index (χ0n) is 11.6. The fraction of sp³-hybridized carbons (Fsp3) is 0.294. The summed E-state index contributed by atoms with van der Waals surface area (Å²) in [6, 6.07) is 14.3. The van der Waals surface area contributed by atoms with Gasteiger partial charge < -0.3 is 5.73 Å². The van der Waals surface area contributed by atoms with Gasteiger partial charge in [-0.1, -0.05) is 53.5 Å². The molecular formula is C17H19Cl2N. The normalized spacial score (nSPS) is 12.4. The third-order valence-corrected chi connectivity index (χ3v) is 4.35. The Morgan fingerprint density at radius 3 is 2.40 bits per heavy atom. The van der Waals surface area contributed by atoms with Crippen LogP contribution in [0.3, 0.4) is 0 Å². The van der Waals surface area contributed by atoms with Crippen LogP contribution in [0.5, 0.6) is 0 Å². The Hall–Kier alpha value is -1.02. The maximum Gasteiger partial charge on any atom is 0.0595 e. The summed E-state index contributed by atoms with van der Waals surface area (Å²) in [7, 11) is 0. The first-order valence-electron chi connectivity index (χ1n) is 6.78. The van der Waals surface area contributed by atoms with Crippen molar-refractivity contribution in [3.05, 3.63) is 69.2 Å². The highest BCUT2D eigenvalue weighted by Crippen LogP contribution is 2.24. The SMILES string of the molecule is Cc1ccccc1CC(CN)Cc1ccc(Cl)c(Cl)c1. The van der Waals surface area contributed by atoms with E-state index in [1.807, 2.05) is 18.2 Å². The quantitative estimate of drug-likeness (QED) is 0.854. The zero-order chi connectivity index (χ0) is 14.5. The summed E-state index contributed by atoms with van der Waals surface area (Å²) in [4.78, 5) is 0. The number of hydrogen-bond donors (Lipinski definition) is 1. The third kappa shape index (κ3) is 3.99.